The SMILES string of the molecule is O=C(CSCc1ccccc1)N1[C@@H]2CC[C@H]1CC(S(=O)(=O)c1ccccc1)C2. The highest BCUT2D eigenvalue weighted by molar-refractivity contribution is 7.99. The Bertz CT molecular complexity index is 901. The Morgan fingerprint density at radius 2 is 1.50 bits per heavy atom. The molecule has 4 rings (SSSR count). The number of benzene rings is 2. The fourth-order valence-corrected chi connectivity index (χ4v) is 7.22. The number of rotatable bonds is 6. The van der Waals surface area contributed by atoms with Gasteiger partial charge in [-0.2, -0.15) is 0 Å². The van der Waals surface area contributed by atoms with Gasteiger partial charge in [0, 0.05) is 17.8 Å². The first-order valence-electron chi connectivity index (χ1n) is 9.77. The second kappa shape index (κ2) is 8.29. The largest absolute Gasteiger partial charge is 0.336 e. The lowest BCUT2D eigenvalue weighted by Crippen LogP contribution is -2.50. The van der Waals surface area contributed by atoms with Gasteiger partial charge in [-0.05, 0) is 43.4 Å². The average Bonchev–Trinajstić information content (AvgIpc) is 2.98. The molecule has 2 fully saturated rings. The van der Waals surface area contributed by atoms with E-state index in [1.807, 2.05) is 29.2 Å². The smallest absolute Gasteiger partial charge is 0.233 e. The average molecular weight is 416 g/mol. The zero-order chi connectivity index (χ0) is 19.6. The Hall–Kier alpha value is -1.79. The lowest BCUT2D eigenvalue weighted by Gasteiger charge is -2.38. The standard InChI is InChI=1S/C22H25NO3S2/c24-22(16-27-15-17-7-3-1-4-8-17)23-18-11-12-19(23)14-21(13-18)28(25,26)20-9-5-2-6-10-20/h1-10,18-19,21H,11-16H2/t18-,19+,21?. The number of sulfone groups is 1. The van der Waals surface area contributed by atoms with Gasteiger partial charge in [0.1, 0.15) is 0 Å². The molecular formula is C22H25NO3S2. The van der Waals surface area contributed by atoms with Crippen LogP contribution in [0, 0.1) is 0 Å². The van der Waals surface area contributed by atoms with Gasteiger partial charge in [-0.1, -0.05) is 48.5 Å². The molecule has 2 aliphatic heterocycles. The van der Waals surface area contributed by atoms with Crippen molar-refractivity contribution in [3.05, 3.63) is 66.2 Å². The maximum absolute atomic E-state index is 13.0. The number of amides is 1. The highest BCUT2D eigenvalue weighted by Crippen LogP contribution is 2.40. The van der Waals surface area contributed by atoms with E-state index in [1.54, 1.807) is 36.0 Å². The van der Waals surface area contributed by atoms with Crippen LogP contribution in [0.3, 0.4) is 0 Å². The summed E-state index contributed by atoms with van der Waals surface area (Å²) in [4.78, 5) is 15.2. The summed E-state index contributed by atoms with van der Waals surface area (Å²) in [7, 11) is -3.33. The van der Waals surface area contributed by atoms with Crippen molar-refractivity contribution in [3.63, 3.8) is 0 Å². The van der Waals surface area contributed by atoms with Crippen LogP contribution in [0.1, 0.15) is 31.2 Å². The molecular weight excluding hydrogens is 390 g/mol. The first-order chi connectivity index (χ1) is 13.6. The van der Waals surface area contributed by atoms with Gasteiger partial charge < -0.3 is 4.90 Å². The number of thioether (sulfide) groups is 1. The van der Waals surface area contributed by atoms with E-state index >= 15 is 0 Å². The maximum Gasteiger partial charge on any atom is 0.233 e. The highest BCUT2D eigenvalue weighted by Gasteiger charge is 2.46. The van der Waals surface area contributed by atoms with Crippen molar-refractivity contribution in [2.24, 2.45) is 0 Å². The van der Waals surface area contributed by atoms with Crippen molar-refractivity contribution in [1.29, 1.82) is 0 Å². The molecule has 2 aliphatic rings. The van der Waals surface area contributed by atoms with E-state index in [9.17, 15) is 13.2 Å². The van der Waals surface area contributed by atoms with Crippen LogP contribution in [-0.2, 0) is 20.4 Å². The van der Waals surface area contributed by atoms with Gasteiger partial charge in [-0.15, -0.1) is 11.8 Å². The molecule has 2 bridgehead atoms. The lowest BCUT2D eigenvalue weighted by molar-refractivity contribution is -0.132. The topological polar surface area (TPSA) is 54.5 Å². The Morgan fingerprint density at radius 3 is 2.11 bits per heavy atom. The van der Waals surface area contributed by atoms with Crippen LogP contribution >= 0.6 is 11.8 Å². The summed E-state index contributed by atoms with van der Waals surface area (Å²) in [5.41, 5.74) is 1.22. The number of carbonyl (C=O) groups is 1. The normalized spacial score (nSPS) is 24.3. The predicted octanol–water partition coefficient (Wildman–Crippen LogP) is 3.92. The molecule has 0 aliphatic carbocycles. The Kier molecular flexibility index (Phi) is 5.78. The fourth-order valence-electron chi connectivity index (χ4n) is 4.50. The first kappa shape index (κ1) is 19.5. The van der Waals surface area contributed by atoms with Crippen molar-refractivity contribution in [1.82, 2.24) is 4.90 Å². The Morgan fingerprint density at radius 1 is 0.929 bits per heavy atom. The number of nitrogens with zero attached hydrogens (tertiary/aromatic N) is 1. The van der Waals surface area contributed by atoms with Gasteiger partial charge in [-0.3, -0.25) is 4.79 Å². The van der Waals surface area contributed by atoms with Gasteiger partial charge in [0.05, 0.1) is 15.9 Å². The van der Waals surface area contributed by atoms with Crippen LogP contribution in [-0.4, -0.2) is 42.3 Å². The summed E-state index contributed by atoms with van der Waals surface area (Å²) in [5.74, 6) is 1.43. The van der Waals surface area contributed by atoms with E-state index in [2.05, 4.69) is 12.1 Å². The van der Waals surface area contributed by atoms with E-state index in [4.69, 9.17) is 0 Å². The minimum atomic E-state index is -3.33. The third-order valence-corrected chi connectivity index (χ3v) is 9.01. The first-order valence-corrected chi connectivity index (χ1v) is 12.5. The number of piperidine rings is 1. The molecule has 4 nitrogen and oxygen atoms in total. The minimum Gasteiger partial charge on any atom is -0.336 e. The summed E-state index contributed by atoms with van der Waals surface area (Å²) in [6.45, 7) is 0. The summed E-state index contributed by atoms with van der Waals surface area (Å²) in [5, 5.41) is -0.381. The maximum atomic E-state index is 13.0. The van der Waals surface area contributed by atoms with Gasteiger partial charge in [0.2, 0.25) is 5.91 Å². The molecule has 0 spiro atoms. The van der Waals surface area contributed by atoms with Gasteiger partial charge >= 0.3 is 0 Å². The van der Waals surface area contributed by atoms with Crippen LogP contribution < -0.4 is 0 Å². The second-order valence-corrected chi connectivity index (χ2v) is 10.8. The van der Waals surface area contributed by atoms with Gasteiger partial charge in [0.25, 0.3) is 0 Å². The number of fused-ring (bicyclic) bond motifs is 2. The minimum absolute atomic E-state index is 0.0621. The monoisotopic (exact) mass is 415 g/mol. The number of hydrogen-bond acceptors (Lipinski definition) is 4. The van der Waals surface area contributed by atoms with E-state index < -0.39 is 9.84 Å². The summed E-state index contributed by atoms with van der Waals surface area (Å²) in [6.07, 6.45) is 2.95. The molecule has 148 valence electrons. The van der Waals surface area contributed by atoms with E-state index in [0.29, 0.717) is 23.5 Å². The number of carbonyl (C=O) groups excluding carboxylic acids is 1. The van der Waals surface area contributed by atoms with Crippen molar-refractivity contribution in [2.75, 3.05) is 5.75 Å². The molecule has 1 unspecified atom stereocenters. The van der Waals surface area contributed by atoms with E-state index in [-0.39, 0.29) is 23.2 Å². The van der Waals surface area contributed by atoms with E-state index in [1.165, 1.54) is 5.56 Å². The second-order valence-electron chi connectivity index (χ2n) is 7.62. The molecule has 2 aromatic carbocycles. The molecule has 2 heterocycles. The third kappa shape index (κ3) is 3.98. The Labute approximate surface area is 171 Å². The van der Waals surface area contributed by atoms with Crippen LogP contribution in [0.5, 0.6) is 0 Å². The van der Waals surface area contributed by atoms with Crippen LogP contribution in [0.2, 0.25) is 0 Å². The third-order valence-electron chi connectivity index (χ3n) is 5.83. The molecule has 0 saturated carbocycles. The summed E-state index contributed by atoms with van der Waals surface area (Å²) < 4.78 is 26.0. The lowest BCUT2D eigenvalue weighted by atomic mass is 10.0. The predicted molar refractivity (Wildman–Crippen MR) is 113 cm³/mol. The van der Waals surface area contributed by atoms with Crippen molar-refractivity contribution >= 4 is 27.5 Å². The van der Waals surface area contributed by atoms with Crippen LogP contribution in [0.15, 0.2) is 65.6 Å². The van der Waals surface area contributed by atoms with E-state index in [0.717, 1.165) is 18.6 Å². The van der Waals surface area contributed by atoms with Crippen molar-refractivity contribution < 1.29 is 13.2 Å². The quantitative estimate of drug-likeness (QED) is 0.718. The molecule has 1 amide bonds. The summed E-state index contributed by atoms with van der Waals surface area (Å²) >= 11 is 1.63. The molecule has 6 heteroatoms. The molecule has 28 heavy (non-hydrogen) atoms. The molecule has 2 saturated heterocycles. The molecule has 3 atom stereocenters. The molecule has 2 aromatic rings. The zero-order valence-corrected chi connectivity index (χ0v) is 17.4. The van der Waals surface area contributed by atoms with Gasteiger partial charge in [0.15, 0.2) is 9.84 Å². The van der Waals surface area contributed by atoms with Crippen molar-refractivity contribution in [2.45, 2.75) is 53.7 Å². The number of hydrogen-bond donors (Lipinski definition) is 0. The molecule has 0 radical (unpaired) electrons. The molecule has 0 N–H and O–H groups in total. The fraction of sp³-hybridized carbons (Fsp3) is 0.409. The van der Waals surface area contributed by atoms with Crippen LogP contribution in [0.4, 0.5) is 0 Å². The van der Waals surface area contributed by atoms with Crippen molar-refractivity contribution in [3.8, 4) is 0 Å². The zero-order valence-electron chi connectivity index (χ0n) is 15.7. The van der Waals surface area contributed by atoms with Crippen LogP contribution in [0.25, 0.3) is 0 Å². The summed E-state index contributed by atoms with van der Waals surface area (Å²) in [6, 6.07) is 19.0. The Balaban J connectivity index is 1.38. The molecule has 0 aromatic heterocycles. The highest BCUT2D eigenvalue weighted by atomic mass is 32.2. The van der Waals surface area contributed by atoms with Gasteiger partial charge in [-0.25, -0.2) is 8.42 Å².